The molecule has 2 atom stereocenters. The van der Waals surface area contributed by atoms with E-state index in [1.165, 1.54) is 12.8 Å². The molecule has 2 fully saturated rings. The number of hydrogen-bond acceptors (Lipinski definition) is 5. The summed E-state index contributed by atoms with van der Waals surface area (Å²) in [4.78, 5) is 16.2. The van der Waals surface area contributed by atoms with E-state index in [1.807, 2.05) is 0 Å². The number of Topliss-reactive ketones (excluding diaryl/α,β-unsaturated/α-hetero) is 1. The second-order valence-electron chi connectivity index (χ2n) is 5.65. The van der Waals surface area contributed by atoms with Gasteiger partial charge < -0.3 is 9.26 Å². The molecule has 0 bridgehead atoms. The highest BCUT2D eigenvalue weighted by Gasteiger charge is 2.36. The van der Waals surface area contributed by atoms with Crippen LogP contribution >= 0.6 is 0 Å². The second kappa shape index (κ2) is 5.41. The van der Waals surface area contributed by atoms with Crippen LogP contribution in [0.25, 0.3) is 0 Å². The molecule has 2 unspecified atom stereocenters. The van der Waals surface area contributed by atoms with E-state index in [4.69, 9.17) is 9.26 Å². The summed E-state index contributed by atoms with van der Waals surface area (Å²) in [5.41, 5.74) is 0. The molecule has 104 valence electrons. The highest BCUT2D eigenvalue weighted by Crippen LogP contribution is 2.42. The van der Waals surface area contributed by atoms with E-state index in [0.717, 1.165) is 19.3 Å². The lowest BCUT2D eigenvalue weighted by Gasteiger charge is -2.18. The van der Waals surface area contributed by atoms with Gasteiger partial charge in [0.15, 0.2) is 0 Å². The minimum Gasteiger partial charge on any atom is -0.373 e. The van der Waals surface area contributed by atoms with Gasteiger partial charge in [0.2, 0.25) is 11.7 Å². The minimum absolute atomic E-state index is 0.0421. The van der Waals surface area contributed by atoms with Gasteiger partial charge in [-0.15, -0.1) is 0 Å². The van der Waals surface area contributed by atoms with Crippen molar-refractivity contribution in [2.24, 2.45) is 11.8 Å². The van der Waals surface area contributed by atoms with Crippen molar-refractivity contribution >= 4 is 5.78 Å². The molecule has 2 aliphatic carbocycles. The van der Waals surface area contributed by atoms with Gasteiger partial charge in [0.1, 0.15) is 11.9 Å². The number of carbonyl (C=O) groups excluding carboxylic acids is 1. The molecule has 19 heavy (non-hydrogen) atoms. The SMILES string of the molecule is COC(c1noc(CC2CCCCC2=O)n1)C1CC1. The van der Waals surface area contributed by atoms with Crippen molar-refractivity contribution in [2.75, 3.05) is 7.11 Å². The summed E-state index contributed by atoms with van der Waals surface area (Å²) in [6, 6.07) is 0. The molecule has 2 saturated carbocycles. The van der Waals surface area contributed by atoms with E-state index < -0.39 is 0 Å². The molecule has 3 rings (SSSR count). The van der Waals surface area contributed by atoms with E-state index in [0.29, 0.717) is 36.3 Å². The normalized spacial score (nSPS) is 25.5. The Labute approximate surface area is 112 Å². The summed E-state index contributed by atoms with van der Waals surface area (Å²) in [6.07, 6.45) is 6.69. The van der Waals surface area contributed by atoms with Crippen molar-refractivity contribution in [1.29, 1.82) is 0 Å². The molecule has 1 aromatic rings. The van der Waals surface area contributed by atoms with Gasteiger partial charge in [0, 0.05) is 25.9 Å². The Hall–Kier alpha value is -1.23. The van der Waals surface area contributed by atoms with Gasteiger partial charge in [-0.1, -0.05) is 11.6 Å². The maximum absolute atomic E-state index is 11.8. The lowest BCUT2D eigenvalue weighted by Crippen LogP contribution is -2.21. The van der Waals surface area contributed by atoms with Crippen LogP contribution in [-0.2, 0) is 16.0 Å². The molecule has 0 radical (unpaired) electrons. The van der Waals surface area contributed by atoms with Crippen molar-refractivity contribution in [3.63, 3.8) is 0 Å². The van der Waals surface area contributed by atoms with E-state index in [9.17, 15) is 4.79 Å². The molecule has 0 aromatic carbocycles. The number of nitrogens with zero attached hydrogens (tertiary/aromatic N) is 2. The number of hydrogen-bond donors (Lipinski definition) is 0. The maximum atomic E-state index is 11.8. The molecule has 5 nitrogen and oxygen atoms in total. The molecular formula is C14H20N2O3. The monoisotopic (exact) mass is 264 g/mol. The summed E-state index contributed by atoms with van der Waals surface area (Å²) < 4.78 is 10.7. The maximum Gasteiger partial charge on any atom is 0.227 e. The largest absolute Gasteiger partial charge is 0.373 e. The van der Waals surface area contributed by atoms with Crippen LogP contribution in [0, 0.1) is 11.8 Å². The fourth-order valence-electron chi connectivity index (χ4n) is 2.86. The van der Waals surface area contributed by atoms with Gasteiger partial charge in [-0.05, 0) is 31.6 Å². The summed E-state index contributed by atoms with van der Waals surface area (Å²) in [5, 5.41) is 4.02. The van der Waals surface area contributed by atoms with Gasteiger partial charge in [-0.3, -0.25) is 4.79 Å². The summed E-state index contributed by atoms with van der Waals surface area (Å²) in [6.45, 7) is 0. The summed E-state index contributed by atoms with van der Waals surface area (Å²) in [5.74, 6) is 2.17. The second-order valence-corrected chi connectivity index (χ2v) is 5.65. The smallest absolute Gasteiger partial charge is 0.227 e. The zero-order chi connectivity index (χ0) is 13.2. The first-order chi connectivity index (χ1) is 9.28. The van der Waals surface area contributed by atoms with Gasteiger partial charge in [-0.25, -0.2) is 0 Å². The summed E-state index contributed by atoms with van der Waals surface area (Å²) in [7, 11) is 1.68. The van der Waals surface area contributed by atoms with Gasteiger partial charge >= 0.3 is 0 Å². The van der Waals surface area contributed by atoms with Crippen molar-refractivity contribution in [3.05, 3.63) is 11.7 Å². The minimum atomic E-state index is -0.0421. The molecule has 5 heteroatoms. The molecule has 0 amide bonds. The predicted molar refractivity (Wildman–Crippen MR) is 67.4 cm³/mol. The number of methoxy groups -OCH3 is 1. The Morgan fingerprint density at radius 1 is 1.37 bits per heavy atom. The Morgan fingerprint density at radius 2 is 2.21 bits per heavy atom. The topological polar surface area (TPSA) is 65.2 Å². The zero-order valence-electron chi connectivity index (χ0n) is 11.3. The summed E-state index contributed by atoms with van der Waals surface area (Å²) >= 11 is 0. The lowest BCUT2D eigenvalue weighted by atomic mass is 9.86. The highest BCUT2D eigenvalue weighted by molar-refractivity contribution is 5.81. The first kappa shape index (κ1) is 12.8. The molecule has 0 saturated heterocycles. The van der Waals surface area contributed by atoms with Gasteiger partial charge in [-0.2, -0.15) is 4.98 Å². The lowest BCUT2D eigenvalue weighted by molar-refractivity contribution is -0.124. The van der Waals surface area contributed by atoms with Crippen molar-refractivity contribution in [1.82, 2.24) is 10.1 Å². The molecular weight excluding hydrogens is 244 g/mol. The first-order valence-electron chi connectivity index (χ1n) is 7.16. The molecule has 1 aromatic heterocycles. The Balaban J connectivity index is 1.65. The zero-order valence-corrected chi connectivity index (χ0v) is 11.3. The molecule has 0 N–H and O–H groups in total. The van der Waals surface area contributed by atoms with Crippen molar-refractivity contribution in [3.8, 4) is 0 Å². The quantitative estimate of drug-likeness (QED) is 0.817. The number of ether oxygens (including phenoxy) is 1. The molecule has 1 heterocycles. The molecule has 0 aliphatic heterocycles. The first-order valence-corrected chi connectivity index (χ1v) is 7.16. The van der Waals surface area contributed by atoms with Crippen LogP contribution in [0.3, 0.4) is 0 Å². The average Bonchev–Trinajstić information content (AvgIpc) is 3.14. The Bertz CT molecular complexity index is 453. The Morgan fingerprint density at radius 3 is 2.89 bits per heavy atom. The predicted octanol–water partition coefficient (Wildman–Crippen LogP) is 2.47. The van der Waals surface area contributed by atoms with E-state index in [-0.39, 0.29) is 12.0 Å². The number of carbonyl (C=O) groups is 1. The van der Waals surface area contributed by atoms with Crippen LogP contribution in [0.15, 0.2) is 4.52 Å². The third kappa shape index (κ3) is 2.86. The number of ketones is 1. The molecule has 0 spiro atoms. The van der Waals surface area contributed by atoms with Gasteiger partial charge in [0.05, 0.1) is 0 Å². The van der Waals surface area contributed by atoms with E-state index >= 15 is 0 Å². The van der Waals surface area contributed by atoms with E-state index in [2.05, 4.69) is 10.1 Å². The number of aromatic nitrogens is 2. The number of rotatable bonds is 5. The van der Waals surface area contributed by atoms with Gasteiger partial charge in [0.25, 0.3) is 0 Å². The van der Waals surface area contributed by atoms with Crippen LogP contribution in [0.1, 0.15) is 56.3 Å². The fraction of sp³-hybridized carbons (Fsp3) is 0.786. The van der Waals surface area contributed by atoms with Crippen LogP contribution in [0.5, 0.6) is 0 Å². The van der Waals surface area contributed by atoms with Crippen molar-refractivity contribution in [2.45, 2.75) is 51.0 Å². The van der Waals surface area contributed by atoms with Crippen LogP contribution < -0.4 is 0 Å². The standard InChI is InChI=1S/C14H20N2O3/c1-18-13(9-6-7-9)14-15-12(19-16-14)8-10-4-2-3-5-11(10)17/h9-10,13H,2-8H2,1H3. The van der Waals surface area contributed by atoms with Crippen molar-refractivity contribution < 1.29 is 14.1 Å². The van der Waals surface area contributed by atoms with E-state index in [1.54, 1.807) is 7.11 Å². The average molecular weight is 264 g/mol. The highest BCUT2D eigenvalue weighted by atomic mass is 16.5. The molecule has 2 aliphatic rings. The third-order valence-electron chi connectivity index (χ3n) is 4.14. The Kier molecular flexibility index (Phi) is 3.64. The van der Waals surface area contributed by atoms with Crippen LogP contribution in [-0.4, -0.2) is 23.0 Å². The third-order valence-corrected chi connectivity index (χ3v) is 4.14. The van der Waals surface area contributed by atoms with Crippen LogP contribution in [0.2, 0.25) is 0 Å². The fourth-order valence-corrected chi connectivity index (χ4v) is 2.86. The van der Waals surface area contributed by atoms with Crippen LogP contribution in [0.4, 0.5) is 0 Å².